The predicted octanol–water partition coefficient (Wildman–Crippen LogP) is 3.82. The largest absolute Gasteiger partial charge is 0.436 e. The fourth-order valence-corrected chi connectivity index (χ4v) is 4.87. The number of fused-ring (bicyclic) bond motifs is 1. The summed E-state index contributed by atoms with van der Waals surface area (Å²) < 4.78 is 7.78. The molecule has 3 aromatic rings. The molecule has 1 saturated heterocycles. The average molecular weight is 448 g/mol. The van der Waals surface area contributed by atoms with Gasteiger partial charge in [0.05, 0.1) is 6.54 Å². The van der Waals surface area contributed by atoms with Crippen LogP contribution >= 0.6 is 0 Å². The summed E-state index contributed by atoms with van der Waals surface area (Å²) in [5.41, 5.74) is 3.41. The Kier molecular flexibility index (Phi) is 5.86. The standard InChI is InChI=1S/C25H29N5O3/c1-25(19-29-17-23(30(31)32)26-24(29)33-25)18-28-13-5-12-27(14-15-28)16-20-8-10-22(11-9-20)21-6-3-2-4-7-21/h2-4,6-11,17H,5,12-16,18-19H2,1H3. The van der Waals surface area contributed by atoms with E-state index in [2.05, 4.69) is 70.2 Å². The first-order valence-corrected chi connectivity index (χ1v) is 11.5. The lowest BCUT2D eigenvalue weighted by Gasteiger charge is -2.30. The highest BCUT2D eigenvalue weighted by atomic mass is 16.6. The van der Waals surface area contributed by atoms with E-state index in [4.69, 9.17) is 4.74 Å². The highest BCUT2D eigenvalue weighted by Gasteiger charge is 2.41. The molecule has 3 heterocycles. The minimum absolute atomic E-state index is 0.158. The number of imidazole rings is 1. The van der Waals surface area contributed by atoms with Crippen LogP contribution in [0.4, 0.5) is 5.82 Å². The molecule has 2 aliphatic rings. The summed E-state index contributed by atoms with van der Waals surface area (Å²) in [5, 5.41) is 10.9. The van der Waals surface area contributed by atoms with Crippen LogP contribution in [0.15, 0.2) is 60.8 Å². The maximum Gasteiger partial charge on any atom is 0.415 e. The lowest BCUT2D eigenvalue weighted by Crippen LogP contribution is -2.46. The Labute approximate surface area is 193 Å². The lowest BCUT2D eigenvalue weighted by atomic mass is 10.0. The topological polar surface area (TPSA) is 76.7 Å². The van der Waals surface area contributed by atoms with Gasteiger partial charge in [-0.05, 0) is 48.0 Å². The van der Waals surface area contributed by atoms with Crippen molar-refractivity contribution in [1.29, 1.82) is 0 Å². The van der Waals surface area contributed by atoms with E-state index in [0.29, 0.717) is 12.6 Å². The summed E-state index contributed by atoms with van der Waals surface area (Å²) in [4.78, 5) is 19.4. The summed E-state index contributed by atoms with van der Waals surface area (Å²) in [6.07, 6.45) is 2.57. The molecule has 0 bridgehead atoms. The van der Waals surface area contributed by atoms with Crippen molar-refractivity contribution in [3.63, 3.8) is 0 Å². The Bertz CT molecular complexity index is 1090. The Hall–Kier alpha value is -3.23. The van der Waals surface area contributed by atoms with Gasteiger partial charge in [-0.1, -0.05) is 54.6 Å². The first kappa shape index (κ1) is 21.6. The van der Waals surface area contributed by atoms with E-state index < -0.39 is 10.5 Å². The Morgan fingerprint density at radius 3 is 2.42 bits per heavy atom. The zero-order valence-electron chi connectivity index (χ0n) is 18.9. The molecule has 0 saturated carbocycles. The van der Waals surface area contributed by atoms with Crippen LogP contribution < -0.4 is 4.74 Å². The molecule has 0 amide bonds. The Morgan fingerprint density at radius 2 is 1.70 bits per heavy atom. The fourth-order valence-electron chi connectivity index (χ4n) is 4.87. The second kappa shape index (κ2) is 8.96. The number of hydrogen-bond donors (Lipinski definition) is 0. The average Bonchev–Trinajstić information content (AvgIpc) is 3.24. The van der Waals surface area contributed by atoms with Crippen LogP contribution in [0.5, 0.6) is 6.01 Å². The minimum atomic E-state index is -0.482. The number of aromatic nitrogens is 2. The van der Waals surface area contributed by atoms with E-state index in [-0.39, 0.29) is 5.82 Å². The van der Waals surface area contributed by atoms with Crippen molar-refractivity contribution >= 4 is 5.82 Å². The number of nitrogens with zero attached hydrogens (tertiary/aromatic N) is 5. The van der Waals surface area contributed by atoms with Crippen LogP contribution in [-0.4, -0.2) is 62.6 Å². The van der Waals surface area contributed by atoms with Crippen molar-refractivity contribution in [3.8, 4) is 17.1 Å². The van der Waals surface area contributed by atoms with Crippen molar-refractivity contribution in [1.82, 2.24) is 19.4 Å². The van der Waals surface area contributed by atoms with E-state index >= 15 is 0 Å². The maximum atomic E-state index is 10.9. The number of ether oxygens (including phenoxy) is 1. The molecule has 0 spiro atoms. The minimum Gasteiger partial charge on any atom is -0.436 e. The van der Waals surface area contributed by atoms with Crippen molar-refractivity contribution in [2.75, 3.05) is 32.7 Å². The van der Waals surface area contributed by atoms with Crippen LogP contribution in [0.3, 0.4) is 0 Å². The summed E-state index contributed by atoms with van der Waals surface area (Å²) in [6.45, 7) is 8.45. The first-order valence-electron chi connectivity index (χ1n) is 11.5. The molecule has 8 nitrogen and oxygen atoms in total. The van der Waals surface area contributed by atoms with Gasteiger partial charge in [-0.3, -0.25) is 14.4 Å². The normalized spacial score (nSPS) is 21.4. The summed E-state index contributed by atoms with van der Waals surface area (Å²) in [7, 11) is 0. The van der Waals surface area contributed by atoms with Crippen LogP contribution in [0, 0.1) is 10.1 Å². The van der Waals surface area contributed by atoms with Crippen molar-refractivity contribution in [2.24, 2.45) is 0 Å². The second-order valence-electron chi connectivity index (χ2n) is 9.29. The third-order valence-electron chi connectivity index (χ3n) is 6.46. The number of rotatable bonds is 6. The van der Waals surface area contributed by atoms with E-state index in [0.717, 1.165) is 45.7 Å². The highest BCUT2D eigenvalue weighted by Crippen LogP contribution is 2.31. The lowest BCUT2D eigenvalue weighted by molar-refractivity contribution is -0.389. The smallest absolute Gasteiger partial charge is 0.415 e. The van der Waals surface area contributed by atoms with E-state index in [9.17, 15) is 10.1 Å². The molecular formula is C25H29N5O3. The van der Waals surface area contributed by atoms with Gasteiger partial charge < -0.3 is 14.9 Å². The number of benzene rings is 2. The SMILES string of the molecule is CC1(CN2CCCN(Cc3ccc(-c4ccccc4)cc3)CC2)Cn2cc([N+](=O)[O-])nc2O1. The molecule has 5 rings (SSSR count). The van der Waals surface area contributed by atoms with Gasteiger partial charge in [0.25, 0.3) is 0 Å². The molecule has 1 unspecified atom stereocenters. The van der Waals surface area contributed by atoms with Gasteiger partial charge >= 0.3 is 11.8 Å². The monoisotopic (exact) mass is 447 g/mol. The molecule has 2 aliphatic heterocycles. The van der Waals surface area contributed by atoms with Crippen LogP contribution in [0.25, 0.3) is 11.1 Å². The Balaban J connectivity index is 1.14. The first-order chi connectivity index (χ1) is 16.0. The molecule has 0 aliphatic carbocycles. The van der Waals surface area contributed by atoms with Gasteiger partial charge in [-0.15, -0.1) is 0 Å². The van der Waals surface area contributed by atoms with Gasteiger partial charge in [0.1, 0.15) is 11.8 Å². The van der Waals surface area contributed by atoms with Gasteiger partial charge in [-0.25, -0.2) is 0 Å². The van der Waals surface area contributed by atoms with Crippen molar-refractivity contribution in [2.45, 2.75) is 32.0 Å². The van der Waals surface area contributed by atoms with E-state index in [1.54, 1.807) is 4.57 Å². The number of nitro groups is 1. The summed E-state index contributed by atoms with van der Waals surface area (Å²) in [5.74, 6) is -0.158. The highest BCUT2D eigenvalue weighted by molar-refractivity contribution is 5.63. The second-order valence-corrected chi connectivity index (χ2v) is 9.29. The molecule has 1 fully saturated rings. The Morgan fingerprint density at radius 1 is 1.00 bits per heavy atom. The molecule has 1 atom stereocenters. The third kappa shape index (κ3) is 4.91. The molecular weight excluding hydrogens is 418 g/mol. The van der Waals surface area contributed by atoms with Gasteiger partial charge in [0.15, 0.2) is 0 Å². The summed E-state index contributed by atoms with van der Waals surface area (Å²) >= 11 is 0. The maximum absolute atomic E-state index is 10.9. The van der Waals surface area contributed by atoms with Crippen LogP contribution in [0.2, 0.25) is 0 Å². The van der Waals surface area contributed by atoms with Gasteiger partial charge in [0, 0.05) is 31.2 Å². The van der Waals surface area contributed by atoms with Gasteiger partial charge in [0.2, 0.25) is 0 Å². The van der Waals surface area contributed by atoms with E-state index in [1.807, 2.05) is 6.07 Å². The zero-order chi connectivity index (χ0) is 22.8. The molecule has 172 valence electrons. The molecule has 8 heteroatoms. The van der Waals surface area contributed by atoms with Crippen molar-refractivity contribution in [3.05, 3.63) is 76.5 Å². The van der Waals surface area contributed by atoms with E-state index in [1.165, 1.54) is 22.9 Å². The fraction of sp³-hybridized carbons (Fsp3) is 0.400. The zero-order valence-corrected chi connectivity index (χ0v) is 18.9. The molecule has 0 N–H and O–H groups in total. The molecule has 33 heavy (non-hydrogen) atoms. The quantitative estimate of drug-likeness (QED) is 0.422. The molecule has 2 aromatic carbocycles. The number of hydrogen-bond acceptors (Lipinski definition) is 6. The van der Waals surface area contributed by atoms with Crippen LogP contribution in [-0.2, 0) is 13.1 Å². The predicted molar refractivity (Wildman–Crippen MR) is 126 cm³/mol. The summed E-state index contributed by atoms with van der Waals surface area (Å²) in [6, 6.07) is 19.7. The van der Waals surface area contributed by atoms with Crippen LogP contribution in [0.1, 0.15) is 18.9 Å². The molecule has 0 radical (unpaired) electrons. The van der Waals surface area contributed by atoms with Gasteiger partial charge in [-0.2, -0.15) is 0 Å². The van der Waals surface area contributed by atoms with Crippen molar-refractivity contribution < 1.29 is 9.66 Å². The third-order valence-corrected chi connectivity index (χ3v) is 6.46. The molecule has 1 aromatic heterocycles.